The van der Waals surface area contributed by atoms with Gasteiger partial charge in [-0.05, 0) is 35.9 Å². The number of rotatable bonds is 5. The van der Waals surface area contributed by atoms with Crippen LogP contribution in [-0.2, 0) is 11.0 Å². The van der Waals surface area contributed by atoms with Crippen molar-refractivity contribution >= 4 is 40.6 Å². The number of anilines is 1. The molecule has 0 saturated carbocycles. The van der Waals surface area contributed by atoms with Crippen LogP contribution in [0.5, 0.6) is 0 Å². The second-order valence-electron chi connectivity index (χ2n) is 6.53. The monoisotopic (exact) mass is 465 g/mol. The van der Waals surface area contributed by atoms with Gasteiger partial charge in [-0.1, -0.05) is 65.7 Å². The van der Waals surface area contributed by atoms with Crippen LogP contribution >= 0.6 is 23.2 Å². The molecule has 31 heavy (non-hydrogen) atoms. The number of nitrogens with zero attached hydrogens (tertiary/aromatic N) is 1. The lowest BCUT2D eigenvalue weighted by molar-refractivity contribution is -0.137. The lowest BCUT2D eigenvalue weighted by atomic mass is 10.1. The number of carbonyl (C=O) groups is 1. The number of benzene rings is 3. The molecule has 0 aromatic heterocycles. The summed E-state index contributed by atoms with van der Waals surface area (Å²) in [6, 6.07) is 16.8. The second-order valence-corrected chi connectivity index (χ2v) is 7.34. The molecule has 1 atom stereocenters. The molecule has 3 N–H and O–H groups in total. The van der Waals surface area contributed by atoms with Crippen LogP contribution in [-0.4, -0.2) is 11.7 Å². The van der Waals surface area contributed by atoms with Crippen molar-refractivity contribution in [1.29, 1.82) is 0 Å². The minimum Gasteiger partial charge on any atom is -0.383 e. The molecule has 1 amide bonds. The highest BCUT2D eigenvalue weighted by Gasteiger charge is 2.30. The van der Waals surface area contributed by atoms with E-state index in [1.54, 1.807) is 48.5 Å². The normalized spacial score (nSPS) is 13.0. The van der Waals surface area contributed by atoms with E-state index in [2.05, 4.69) is 10.3 Å². The van der Waals surface area contributed by atoms with E-state index >= 15 is 0 Å². The third-order valence-corrected chi connectivity index (χ3v) is 5.09. The maximum Gasteiger partial charge on any atom is 0.416 e. The number of amidine groups is 1. The number of carbonyl (C=O) groups excluding carboxylic acids is 1. The Kier molecular flexibility index (Phi) is 6.87. The predicted molar refractivity (Wildman–Crippen MR) is 116 cm³/mol. The van der Waals surface area contributed by atoms with Crippen molar-refractivity contribution in [1.82, 2.24) is 0 Å². The summed E-state index contributed by atoms with van der Waals surface area (Å²) >= 11 is 12.0. The summed E-state index contributed by atoms with van der Waals surface area (Å²) in [5.74, 6) is -0.828. The number of nitrogens with two attached hydrogens (primary N) is 1. The summed E-state index contributed by atoms with van der Waals surface area (Å²) in [5.41, 5.74) is 6.41. The Hall–Kier alpha value is -3.03. The van der Waals surface area contributed by atoms with Crippen LogP contribution in [0.3, 0.4) is 0 Å². The van der Waals surface area contributed by atoms with E-state index in [0.29, 0.717) is 21.3 Å². The zero-order chi connectivity index (χ0) is 22.6. The fourth-order valence-corrected chi connectivity index (χ4v) is 3.06. The molecular weight excluding hydrogens is 450 g/mol. The maximum absolute atomic E-state index is 12.9. The summed E-state index contributed by atoms with van der Waals surface area (Å²) in [5, 5.41) is 3.71. The van der Waals surface area contributed by atoms with Crippen molar-refractivity contribution in [3.63, 3.8) is 0 Å². The molecule has 0 aliphatic rings. The zero-order valence-corrected chi connectivity index (χ0v) is 17.3. The Morgan fingerprint density at radius 2 is 1.58 bits per heavy atom. The van der Waals surface area contributed by atoms with Gasteiger partial charge in [0.05, 0.1) is 15.6 Å². The highest BCUT2D eigenvalue weighted by atomic mass is 35.5. The fourth-order valence-electron chi connectivity index (χ4n) is 2.76. The standard InChI is InChI=1S/C22H16Cl2F3N3O/c23-17-11-10-16(12-18(17)24)29-19(13-4-2-1-3-5-13)21(31)30-20(28)14-6-8-15(9-7-14)22(25,26)27/h1-12,19,29H,(H2,28,30,31). The van der Waals surface area contributed by atoms with Crippen molar-refractivity contribution in [2.24, 2.45) is 10.7 Å². The minimum absolute atomic E-state index is 0.197. The van der Waals surface area contributed by atoms with Crippen molar-refractivity contribution in [3.05, 3.63) is 99.5 Å². The predicted octanol–water partition coefficient (Wildman–Crippen LogP) is 6.10. The summed E-state index contributed by atoms with van der Waals surface area (Å²) in [6.07, 6.45) is -4.47. The van der Waals surface area contributed by atoms with Crippen molar-refractivity contribution in [2.45, 2.75) is 12.2 Å². The van der Waals surface area contributed by atoms with E-state index < -0.39 is 23.7 Å². The first-order valence-corrected chi connectivity index (χ1v) is 9.73. The molecule has 9 heteroatoms. The molecule has 0 spiro atoms. The molecule has 0 aliphatic heterocycles. The summed E-state index contributed by atoms with van der Waals surface area (Å²) in [4.78, 5) is 16.8. The number of amides is 1. The van der Waals surface area contributed by atoms with E-state index in [9.17, 15) is 18.0 Å². The Morgan fingerprint density at radius 1 is 0.935 bits per heavy atom. The highest BCUT2D eigenvalue weighted by molar-refractivity contribution is 6.42. The van der Waals surface area contributed by atoms with Crippen LogP contribution in [0.1, 0.15) is 22.7 Å². The van der Waals surface area contributed by atoms with Crippen molar-refractivity contribution in [3.8, 4) is 0 Å². The first-order valence-electron chi connectivity index (χ1n) is 8.97. The summed E-state index contributed by atoms with van der Waals surface area (Å²) < 4.78 is 38.2. The molecule has 160 valence electrons. The van der Waals surface area contributed by atoms with Crippen LogP contribution in [0.2, 0.25) is 10.0 Å². The Balaban J connectivity index is 1.89. The van der Waals surface area contributed by atoms with Gasteiger partial charge in [0.1, 0.15) is 11.9 Å². The SMILES string of the molecule is NC(=NC(=O)C(Nc1ccc(Cl)c(Cl)c1)c1ccccc1)c1ccc(C(F)(F)F)cc1. The summed E-state index contributed by atoms with van der Waals surface area (Å²) in [6.45, 7) is 0. The maximum atomic E-state index is 12.9. The van der Waals surface area contributed by atoms with E-state index in [4.69, 9.17) is 28.9 Å². The largest absolute Gasteiger partial charge is 0.416 e. The number of alkyl halides is 3. The molecule has 1 unspecified atom stereocenters. The van der Waals surface area contributed by atoms with Gasteiger partial charge in [-0.25, -0.2) is 0 Å². The Bertz CT molecular complexity index is 1100. The van der Waals surface area contributed by atoms with Gasteiger partial charge in [-0.15, -0.1) is 0 Å². The smallest absolute Gasteiger partial charge is 0.383 e. The molecule has 0 aliphatic carbocycles. The van der Waals surface area contributed by atoms with Gasteiger partial charge < -0.3 is 11.1 Å². The minimum atomic E-state index is -4.47. The lowest BCUT2D eigenvalue weighted by Crippen LogP contribution is -2.23. The number of aliphatic imine (C=N–C) groups is 1. The van der Waals surface area contributed by atoms with Gasteiger partial charge in [-0.3, -0.25) is 4.79 Å². The third kappa shape index (κ3) is 5.77. The van der Waals surface area contributed by atoms with Crippen LogP contribution in [0.15, 0.2) is 77.8 Å². The first kappa shape index (κ1) is 22.7. The van der Waals surface area contributed by atoms with Crippen molar-refractivity contribution < 1.29 is 18.0 Å². The average molecular weight is 466 g/mol. The van der Waals surface area contributed by atoms with Crippen LogP contribution in [0.25, 0.3) is 0 Å². The molecule has 0 saturated heterocycles. The summed E-state index contributed by atoms with van der Waals surface area (Å²) in [7, 11) is 0. The molecule has 3 aromatic rings. The quantitative estimate of drug-likeness (QED) is 0.353. The van der Waals surface area contributed by atoms with Gasteiger partial charge in [0.25, 0.3) is 5.91 Å². The molecule has 0 bridgehead atoms. The van der Waals surface area contributed by atoms with E-state index in [0.717, 1.165) is 12.1 Å². The van der Waals surface area contributed by atoms with E-state index in [-0.39, 0.29) is 11.4 Å². The first-order chi connectivity index (χ1) is 14.6. The molecule has 4 nitrogen and oxygen atoms in total. The number of nitrogens with one attached hydrogen (secondary N) is 1. The fraction of sp³-hybridized carbons (Fsp3) is 0.0909. The van der Waals surface area contributed by atoms with E-state index in [1.165, 1.54) is 12.1 Å². The lowest BCUT2D eigenvalue weighted by Gasteiger charge is -2.18. The second kappa shape index (κ2) is 9.41. The third-order valence-electron chi connectivity index (χ3n) is 4.35. The zero-order valence-electron chi connectivity index (χ0n) is 15.8. The van der Waals surface area contributed by atoms with Gasteiger partial charge in [0.2, 0.25) is 0 Å². The number of hydrogen-bond donors (Lipinski definition) is 2. The average Bonchev–Trinajstić information content (AvgIpc) is 2.74. The molecule has 0 radical (unpaired) electrons. The molecule has 3 aromatic carbocycles. The van der Waals surface area contributed by atoms with Gasteiger partial charge in [-0.2, -0.15) is 18.2 Å². The number of halogens is 5. The van der Waals surface area contributed by atoms with Crippen LogP contribution < -0.4 is 11.1 Å². The van der Waals surface area contributed by atoms with E-state index in [1.807, 2.05) is 0 Å². The Morgan fingerprint density at radius 3 is 2.16 bits per heavy atom. The topological polar surface area (TPSA) is 67.5 Å². The molecule has 3 rings (SSSR count). The van der Waals surface area contributed by atoms with Gasteiger partial charge in [0.15, 0.2) is 0 Å². The molecule has 0 heterocycles. The van der Waals surface area contributed by atoms with Gasteiger partial charge >= 0.3 is 6.18 Å². The highest BCUT2D eigenvalue weighted by Crippen LogP contribution is 2.30. The van der Waals surface area contributed by atoms with Crippen LogP contribution in [0.4, 0.5) is 18.9 Å². The van der Waals surface area contributed by atoms with Crippen LogP contribution in [0, 0.1) is 0 Å². The van der Waals surface area contributed by atoms with Crippen molar-refractivity contribution in [2.75, 3.05) is 5.32 Å². The molecule has 0 fully saturated rings. The number of hydrogen-bond acceptors (Lipinski definition) is 2. The Labute approximate surface area is 186 Å². The molecular formula is C22H16Cl2F3N3O. The van der Waals surface area contributed by atoms with Gasteiger partial charge in [0, 0.05) is 11.3 Å².